The first-order chi connectivity index (χ1) is 11.2. The van der Waals surface area contributed by atoms with Gasteiger partial charge < -0.3 is 4.52 Å². The molecule has 0 N–H and O–H groups in total. The molecule has 2 aliphatic rings. The Morgan fingerprint density at radius 2 is 2.29 bits per heavy atom. The highest BCUT2D eigenvalue weighted by Crippen LogP contribution is 2.74. The lowest BCUT2D eigenvalue weighted by Gasteiger charge is -2.37. The molecule has 0 spiro atoms. The third kappa shape index (κ3) is 4.21. The van der Waals surface area contributed by atoms with E-state index in [9.17, 15) is 14.7 Å². The number of hydrogen-bond donors (Lipinski definition) is 0. The van der Waals surface area contributed by atoms with Gasteiger partial charge in [-0.15, -0.1) is 0 Å². The summed E-state index contributed by atoms with van der Waals surface area (Å²) in [5, 5.41) is 10.7. The lowest BCUT2D eigenvalue weighted by atomic mass is 9.77. The average Bonchev–Trinajstić information content (AvgIpc) is 2.76. The zero-order chi connectivity index (χ0) is 18.0. The zero-order valence-electron chi connectivity index (χ0n) is 13.8. The van der Waals surface area contributed by atoms with Gasteiger partial charge in [-0.05, 0) is 56.5 Å². The van der Waals surface area contributed by atoms with Crippen molar-refractivity contribution in [3.63, 3.8) is 0 Å². The Labute approximate surface area is 146 Å². The summed E-state index contributed by atoms with van der Waals surface area (Å²) in [6.45, 7) is 8.05. The van der Waals surface area contributed by atoms with Crippen LogP contribution in [0, 0.1) is 16.0 Å². The van der Waals surface area contributed by atoms with Crippen LogP contribution < -0.4 is 0 Å². The fourth-order valence-electron chi connectivity index (χ4n) is 2.88. The third-order valence-corrected chi connectivity index (χ3v) is 8.64. The second kappa shape index (κ2) is 7.30. The summed E-state index contributed by atoms with van der Waals surface area (Å²) in [6, 6.07) is 0. The molecule has 2 fully saturated rings. The molecule has 132 valence electrons. The van der Waals surface area contributed by atoms with Crippen LogP contribution in [0.25, 0.3) is 0 Å². The van der Waals surface area contributed by atoms with Gasteiger partial charge in [-0.3, -0.25) is 14.6 Å². The van der Waals surface area contributed by atoms with E-state index < -0.39 is 17.3 Å². The molecular formula is C16H22NO5PS. The van der Waals surface area contributed by atoms with Gasteiger partial charge in [0.05, 0.1) is 16.8 Å². The van der Waals surface area contributed by atoms with Crippen molar-refractivity contribution in [2.45, 2.75) is 44.0 Å². The summed E-state index contributed by atoms with van der Waals surface area (Å²) < 4.78 is 23.9. The lowest BCUT2D eigenvalue weighted by Crippen LogP contribution is -2.40. The van der Waals surface area contributed by atoms with E-state index in [1.54, 1.807) is 0 Å². The van der Waals surface area contributed by atoms with E-state index in [0.29, 0.717) is 5.92 Å². The van der Waals surface area contributed by atoms with Crippen molar-refractivity contribution in [3.05, 3.63) is 59.0 Å². The summed E-state index contributed by atoms with van der Waals surface area (Å²) in [4.78, 5) is 10.1. The molecule has 0 aromatic rings. The second-order valence-corrected chi connectivity index (χ2v) is 10.3. The topological polar surface area (TPSA) is 78.7 Å². The number of allylic oxidation sites excluding steroid dienone is 4. The first-order valence-electron chi connectivity index (χ1n) is 7.66. The van der Waals surface area contributed by atoms with Crippen molar-refractivity contribution in [2.75, 3.05) is 0 Å². The highest BCUT2D eigenvalue weighted by atomic mass is 32.7. The molecule has 0 aromatic carbocycles. The molecule has 1 saturated carbocycles. The fraction of sp³-hybridized carbons (Fsp3) is 0.500. The van der Waals surface area contributed by atoms with Crippen molar-refractivity contribution in [1.29, 1.82) is 0 Å². The predicted octanol–water partition coefficient (Wildman–Crippen LogP) is 5.24. The number of nitrogens with zero attached hydrogens (tertiary/aromatic N) is 1. The first kappa shape index (κ1) is 19.0. The molecule has 0 bridgehead atoms. The van der Waals surface area contributed by atoms with Gasteiger partial charge in [0.25, 0.3) is 5.70 Å². The minimum atomic E-state index is -3.31. The third-order valence-electron chi connectivity index (χ3n) is 4.40. The van der Waals surface area contributed by atoms with E-state index in [1.165, 1.54) is 29.8 Å². The monoisotopic (exact) mass is 371 g/mol. The van der Waals surface area contributed by atoms with Crippen molar-refractivity contribution in [1.82, 2.24) is 0 Å². The van der Waals surface area contributed by atoms with Crippen LogP contribution >= 0.6 is 18.2 Å². The highest BCUT2D eigenvalue weighted by Gasteiger charge is 2.56. The lowest BCUT2D eigenvalue weighted by molar-refractivity contribution is -0.418. The van der Waals surface area contributed by atoms with Crippen LogP contribution in [0.15, 0.2) is 48.9 Å². The van der Waals surface area contributed by atoms with Gasteiger partial charge in [0.15, 0.2) is 0 Å². The van der Waals surface area contributed by atoms with Crippen LogP contribution in [0.2, 0.25) is 0 Å². The summed E-state index contributed by atoms with van der Waals surface area (Å²) in [5.74, 6) is 0.416. The molecule has 0 radical (unpaired) electrons. The van der Waals surface area contributed by atoms with Crippen LogP contribution in [0.3, 0.4) is 0 Å². The molecule has 1 aliphatic carbocycles. The summed E-state index contributed by atoms with van der Waals surface area (Å²) in [6.07, 6.45) is 7.50. The van der Waals surface area contributed by atoms with Gasteiger partial charge in [-0.2, -0.15) is 0 Å². The maximum absolute atomic E-state index is 12.8. The van der Waals surface area contributed by atoms with Gasteiger partial charge in [0.1, 0.15) is 0 Å². The molecule has 6 nitrogen and oxygen atoms in total. The summed E-state index contributed by atoms with van der Waals surface area (Å²) in [7, 11) is 0. The van der Waals surface area contributed by atoms with Crippen LogP contribution in [0.5, 0.6) is 0 Å². The maximum atomic E-state index is 12.8. The number of fused-ring (bicyclic) bond motifs is 1. The molecule has 8 heteroatoms. The number of hydrogen-bond acceptors (Lipinski definition) is 6. The van der Waals surface area contributed by atoms with Gasteiger partial charge in [-0.25, -0.2) is 4.57 Å². The molecule has 4 atom stereocenters. The van der Waals surface area contributed by atoms with Crippen molar-refractivity contribution in [3.8, 4) is 0 Å². The molecule has 24 heavy (non-hydrogen) atoms. The quantitative estimate of drug-likeness (QED) is 0.159. The van der Waals surface area contributed by atoms with Gasteiger partial charge in [0.2, 0.25) is 0 Å². The van der Waals surface area contributed by atoms with Crippen molar-refractivity contribution in [2.24, 2.45) is 5.92 Å². The van der Waals surface area contributed by atoms with Crippen LogP contribution in [0.4, 0.5) is 0 Å². The van der Waals surface area contributed by atoms with Crippen molar-refractivity contribution < 1.29 is 18.5 Å². The molecule has 1 heterocycles. The smallest absolute Gasteiger partial charge is 0.425 e. The standard InChI is InChI=1S/C16H22NO5PS/c1-5-14(17(18)19)7-6-10-21-23(20)22-16(4)9-8-13(12(2)3)11-15(16)24-23/h5-7,10,13,15H,1-2,8-9,11H2,3-4H3/b10-6+,14-7+/t13-,15+,16+,23?/m1/s1. The second-order valence-electron chi connectivity index (χ2n) is 6.25. The Morgan fingerprint density at radius 1 is 1.58 bits per heavy atom. The van der Waals surface area contributed by atoms with E-state index >= 15 is 0 Å². The Balaban J connectivity index is 2.03. The van der Waals surface area contributed by atoms with E-state index in [2.05, 4.69) is 13.2 Å². The number of rotatable bonds is 6. The molecule has 0 amide bonds. The first-order valence-corrected chi connectivity index (χ1v) is 10.7. The fourth-order valence-corrected chi connectivity index (χ4v) is 7.86. The number of nitro groups is 1. The average molecular weight is 371 g/mol. The van der Waals surface area contributed by atoms with Crippen LogP contribution in [-0.2, 0) is 13.6 Å². The largest absolute Gasteiger partial charge is 0.440 e. The normalized spacial score (nSPS) is 36.3. The molecule has 1 unspecified atom stereocenters. The Morgan fingerprint density at radius 3 is 2.88 bits per heavy atom. The van der Waals surface area contributed by atoms with Gasteiger partial charge in [-0.1, -0.05) is 18.7 Å². The Hall–Kier alpha value is -1.30. The summed E-state index contributed by atoms with van der Waals surface area (Å²) in [5.41, 5.74) is 0.503. The summed E-state index contributed by atoms with van der Waals surface area (Å²) >= 11 is 1.23. The van der Waals surface area contributed by atoms with E-state index in [-0.39, 0.29) is 10.9 Å². The van der Waals surface area contributed by atoms with Crippen molar-refractivity contribution >= 4 is 18.2 Å². The minimum Gasteiger partial charge on any atom is -0.425 e. The van der Waals surface area contributed by atoms with Gasteiger partial charge in [0, 0.05) is 17.4 Å². The predicted molar refractivity (Wildman–Crippen MR) is 96.1 cm³/mol. The van der Waals surface area contributed by atoms with Gasteiger partial charge >= 0.3 is 6.80 Å². The maximum Gasteiger partial charge on any atom is 0.440 e. The zero-order valence-corrected chi connectivity index (χ0v) is 15.6. The van der Waals surface area contributed by atoms with E-state index in [0.717, 1.165) is 30.9 Å². The van der Waals surface area contributed by atoms with Crippen LogP contribution in [-0.4, -0.2) is 15.8 Å². The van der Waals surface area contributed by atoms with E-state index in [1.807, 2.05) is 13.8 Å². The Bertz CT molecular complexity index is 659. The molecule has 1 saturated heterocycles. The van der Waals surface area contributed by atoms with E-state index in [4.69, 9.17) is 9.05 Å². The SMILES string of the molecule is C=C/C(=C\C=C\OP1(=O)O[C@@]2(C)CC[C@@H](C(=C)C)C[C@@H]2S1)[N+](=O)[O-]. The molecule has 0 aromatic heterocycles. The minimum absolute atomic E-state index is 0.0882. The molecule has 1 aliphatic heterocycles. The van der Waals surface area contributed by atoms with Crippen LogP contribution in [0.1, 0.15) is 33.1 Å². The Kier molecular flexibility index (Phi) is 5.78. The molecular weight excluding hydrogens is 349 g/mol. The molecule has 2 rings (SSSR count). The highest BCUT2D eigenvalue weighted by molar-refractivity contribution is 8.55.